The summed E-state index contributed by atoms with van der Waals surface area (Å²) in [5, 5.41) is 12.5. The molecule has 2 N–H and O–H groups in total. The number of rotatable bonds is 7. The van der Waals surface area contributed by atoms with Crippen LogP contribution in [0, 0.1) is 0 Å². The van der Waals surface area contributed by atoms with Gasteiger partial charge >= 0.3 is 5.97 Å². The van der Waals surface area contributed by atoms with Crippen molar-refractivity contribution < 1.29 is 14.6 Å². The van der Waals surface area contributed by atoms with E-state index in [0.717, 1.165) is 10.6 Å². The lowest BCUT2D eigenvalue weighted by Gasteiger charge is -2.28. The normalized spacial score (nSPS) is 14.2. The molecule has 0 saturated carbocycles. The first kappa shape index (κ1) is 15.9. The van der Waals surface area contributed by atoms with Gasteiger partial charge in [-0.3, -0.25) is 10.1 Å². The number of hydrogen-bond acceptors (Lipinski definition) is 4. The smallest absolute Gasteiger partial charge is 0.324 e. The van der Waals surface area contributed by atoms with Crippen molar-refractivity contribution in [2.24, 2.45) is 0 Å². The molecular weight excluding hydrogens is 262 g/mol. The van der Waals surface area contributed by atoms with Gasteiger partial charge in [0.1, 0.15) is 11.3 Å². The molecule has 0 aliphatic heterocycles. The first-order chi connectivity index (χ1) is 8.89. The Morgan fingerprint density at radius 3 is 2.63 bits per heavy atom. The van der Waals surface area contributed by atoms with Gasteiger partial charge < -0.3 is 9.84 Å². The van der Waals surface area contributed by atoms with Crippen LogP contribution >= 0.6 is 11.8 Å². The Balaban J connectivity index is 2.79. The third-order valence-corrected chi connectivity index (χ3v) is 4.03. The zero-order valence-electron chi connectivity index (χ0n) is 11.8. The maximum absolute atomic E-state index is 11.4. The summed E-state index contributed by atoms with van der Waals surface area (Å²) >= 11 is 1.48. The molecule has 0 aliphatic rings. The number of methoxy groups -OCH3 is 1. The number of benzene rings is 1. The van der Waals surface area contributed by atoms with Crippen LogP contribution in [0.4, 0.5) is 0 Å². The van der Waals surface area contributed by atoms with E-state index in [1.54, 1.807) is 14.0 Å². The number of ether oxygens (including phenoxy) is 1. The van der Waals surface area contributed by atoms with E-state index in [4.69, 9.17) is 4.74 Å². The highest BCUT2D eigenvalue weighted by molar-refractivity contribution is 7.99. The summed E-state index contributed by atoms with van der Waals surface area (Å²) in [6.07, 6.45) is 0. The summed E-state index contributed by atoms with van der Waals surface area (Å²) in [7, 11) is 1.61. The van der Waals surface area contributed by atoms with E-state index < -0.39 is 11.5 Å². The van der Waals surface area contributed by atoms with Crippen LogP contribution in [-0.4, -0.2) is 35.5 Å². The molecule has 106 valence electrons. The standard InChI is InChI=1S/C14H21NO3S/c1-10(2)15-14(3,13(16)17)9-19-12-8-6-5-7-11(12)18-4/h5-8,10,15H,9H2,1-4H3,(H,16,17). The molecule has 0 bridgehead atoms. The minimum absolute atomic E-state index is 0.111. The van der Waals surface area contributed by atoms with E-state index >= 15 is 0 Å². The number of nitrogens with one attached hydrogen (secondary N) is 1. The Morgan fingerprint density at radius 1 is 1.47 bits per heavy atom. The van der Waals surface area contributed by atoms with Crippen LogP contribution in [0.3, 0.4) is 0 Å². The highest BCUT2D eigenvalue weighted by atomic mass is 32.2. The van der Waals surface area contributed by atoms with Gasteiger partial charge in [0.2, 0.25) is 0 Å². The molecule has 0 radical (unpaired) electrons. The fraction of sp³-hybridized carbons (Fsp3) is 0.500. The van der Waals surface area contributed by atoms with Gasteiger partial charge in [-0.1, -0.05) is 12.1 Å². The number of carboxylic acid groups (broad SMARTS) is 1. The highest BCUT2D eigenvalue weighted by Gasteiger charge is 2.33. The maximum atomic E-state index is 11.4. The van der Waals surface area contributed by atoms with Gasteiger partial charge in [-0.25, -0.2) is 0 Å². The summed E-state index contributed by atoms with van der Waals surface area (Å²) in [6, 6.07) is 7.72. The summed E-state index contributed by atoms with van der Waals surface area (Å²) in [5.74, 6) is 0.356. The highest BCUT2D eigenvalue weighted by Crippen LogP contribution is 2.31. The Hall–Kier alpha value is -1.20. The molecule has 0 aliphatic carbocycles. The van der Waals surface area contributed by atoms with Crippen LogP contribution in [0.1, 0.15) is 20.8 Å². The predicted octanol–water partition coefficient (Wildman–Crippen LogP) is 2.63. The molecule has 0 fully saturated rings. The third kappa shape index (κ3) is 4.44. The summed E-state index contributed by atoms with van der Waals surface area (Å²) < 4.78 is 5.26. The number of aliphatic carboxylic acids is 1. The van der Waals surface area contributed by atoms with Crippen LogP contribution in [0.2, 0.25) is 0 Å². The van der Waals surface area contributed by atoms with E-state index in [2.05, 4.69) is 5.32 Å². The van der Waals surface area contributed by atoms with Crippen molar-refractivity contribution in [3.05, 3.63) is 24.3 Å². The van der Waals surface area contributed by atoms with E-state index in [-0.39, 0.29) is 6.04 Å². The van der Waals surface area contributed by atoms with Crippen molar-refractivity contribution in [1.29, 1.82) is 0 Å². The minimum Gasteiger partial charge on any atom is -0.496 e. The van der Waals surface area contributed by atoms with Crippen molar-refractivity contribution in [2.75, 3.05) is 12.9 Å². The maximum Gasteiger partial charge on any atom is 0.324 e. The quantitative estimate of drug-likeness (QED) is 0.753. The Kier molecular flexibility index (Phi) is 5.69. The van der Waals surface area contributed by atoms with Gasteiger partial charge in [-0.2, -0.15) is 0 Å². The number of carbonyl (C=O) groups is 1. The molecule has 19 heavy (non-hydrogen) atoms. The van der Waals surface area contributed by atoms with Crippen molar-refractivity contribution in [3.8, 4) is 5.75 Å². The van der Waals surface area contributed by atoms with Gasteiger partial charge in [0, 0.05) is 16.7 Å². The molecule has 0 amide bonds. The predicted molar refractivity (Wildman–Crippen MR) is 78.0 cm³/mol. The van der Waals surface area contributed by atoms with E-state index in [0.29, 0.717) is 5.75 Å². The van der Waals surface area contributed by atoms with Crippen LogP contribution < -0.4 is 10.1 Å². The van der Waals surface area contributed by atoms with Gasteiger partial charge in [0.25, 0.3) is 0 Å². The molecule has 0 heterocycles. The van der Waals surface area contributed by atoms with E-state index in [1.165, 1.54) is 11.8 Å². The second kappa shape index (κ2) is 6.82. The first-order valence-electron chi connectivity index (χ1n) is 6.16. The first-order valence-corrected chi connectivity index (χ1v) is 7.14. The lowest BCUT2D eigenvalue weighted by atomic mass is 10.1. The summed E-state index contributed by atoms with van der Waals surface area (Å²) in [6.45, 7) is 5.58. The lowest BCUT2D eigenvalue weighted by Crippen LogP contribution is -2.54. The fourth-order valence-electron chi connectivity index (χ4n) is 1.76. The molecule has 1 unspecified atom stereocenters. The van der Waals surface area contributed by atoms with Crippen molar-refractivity contribution >= 4 is 17.7 Å². The molecule has 5 heteroatoms. The molecule has 0 spiro atoms. The SMILES string of the molecule is COc1ccccc1SCC(C)(NC(C)C)C(=O)O. The number of carboxylic acids is 1. The zero-order valence-corrected chi connectivity index (χ0v) is 12.6. The molecule has 1 aromatic carbocycles. The minimum atomic E-state index is -0.959. The molecule has 1 atom stereocenters. The Bertz CT molecular complexity index is 436. The second-order valence-corrected chi connectivity index (χ2v) is 5.89. The number of thioether (sulfide) groups is 1. The molecule has 0 saturated heterocycles. The molecule has 0 aromatic heterocycles. The van der Waals surface area contributed by atoms with Gasteiger partial charge in [-0.15, -0.1) is 11.8 Å². The average Bonchev–Trinajstić information content (AvgIpc) is 2.35. The van der Waals surface area contributed by atoms with Gasteiger partial charge in [0.05, 0.1) is 7.11 Å². The zero-order chi connectivity index (χ0) is 14.5. The monoisotopic (exact) mass is 283 g/mol. The largest absolute Gasteiger partial charge is 0.496 e. The number of para-hydroxylation sites is 1. The fourth-order valence-corrected chi connectivity index (χ4v) is 2.88. The molecule has 4 nitrogen and oxygen atoms in total. The van der Waals surface area contributed by atoms with Crippen LogP contribution in [0.25, 0.3) is 0 Å². The second-order valence-electron chi connectivity index (χ2n) is 4.88. The Labute approximate surface area is 118 Å². The molecular formula is C14H21NO3S. The van der Waals surface area contributed by atoms with Crippen molar-refractivity contribution in [1.82, 2.24) is 5.32 Å². The van der Waals surface area contributed by atoms with Crippen molar-refractivity contribution in [3.63, 3.8) is 0 Å². The molecule has 1 rings (SSSR count). The van der Waals surface area contributed by atoms with Crippen LogP contribution in [0.15, 0.2) is 29.2 Å². The average molecular weight is 283 g/mol. The Morgan fingerprint density at radius 2 is 2.11 bits per heavy atom. The summed E-state index contributed by atoms with van der Waals surface area (Å²) in [4.78, 5) is 12.4. The third-order valence-electron chi connectivity index (χ3n) is 2.66. The number of hydrogen-bond donors (Lipinski definition) is 2. The summed E-state index contributed by atoms with van der Waals surface area (Å²) in [5.41, 5.74) is -0.959. The van der Waals surface area contributed by atoms with E-state index in [9.17, 15) is 9.90 Å². The lowest BCUT2D eigenvalue weighted by molar-refractivity contribution is -0.143. The molecule has 1 aromatic rings. The van der Waals surface area contributed by atoms with Gasteiger partial charge in [0.15, 0.2) is 0 Å². The van der Waals surface area contributed by atoms with Crippen LogP contribution in [-0.2, 0) is 4.79 Å². The van der Waals surface area contributed by atoms with E-state index in [1.807, 2.05) is 38.1 Å². The van der Waals surface area contributed by atoms with Gasteiger partial charge in [-0.05, 0) is 32.9 Å². The topological polar surface area (TPSA) is 58.6 Å². The van der Waals surface area contributed by atoms with Crippen molar-refractivity contribution in [2.45, 2.75) is 37.2 Å². The van der Waals surface area contributed by atoms with Crippen LogP contribution in [0.5, 0.6) is 5.75 Å².